The fraction of sp³-hybridized carbons (Fsp3) is 0.462. The van der Waals surface area contributed by atoms with Gasteiger partial charge in [0.15, 0.2) is 9.84 Å². The number of anilines is 1. The van der Waals surface area contributed by atoms with E-state index in [9.17, 15) is 21.6 Å². The maximum Gasteiger partial charge on any atom is 0.242 e. The Morgan fingerprint density at radius 1 is 1.09 bits per heavy atom. The molecule has 0 atom stereocenters. The number of nitrogens with zero attached hydrogens (tertiary/aromatic N) is 2. The minimum Gasteiger partial charge on any atom is -0.347 e. The van der Waals surface area contributed by atoms with Gasteiger partial charge in [0.25, 0.3) is 0 Å². The summed E-state index contributed by atoms with van der Waals surface area (Å²) in [6.45, 7) is 1.26. The van der Waals surface area contributed by atoms with Crippen LogP contribution < -0.4 is 4.31 Å². The molecule has 0 heterocycles. The second-order valence-corrected chi connectivity index (χ2v) is 9.20. The first-order chi connectivity index (χ1) is 9.84. The average molecular weight is 348 g/mol. The van der Waals surface area contributed by atoms with E-state index >= 15 is 0 Å². The molecule has 7 nitrogen and oxygen atoms in total. The highest BCUT2D eigenvalue weighted by atomic mass is 32.2. The number of hydrogen-bond acceptors (Lipinski definition) is 5. The van der Waals surface area contributed by atoms with E-state index in [1.54, 1.807) is 6.92 Å². The Kier molecular flexibility index (Phi) is 5.24. The van der Waals surface area contributed by atoms with E-state index in [4.69, 9.17) is 0 Å². The number of rotatable bonds is 5. The van der Waals surface area contributed by atoms with E-state index in [0.717, 1.165) is 16.8 Å². The van der Waals surface area contributed by atoms with Gasteiger partial charge < -0.3 is 4.90 Å². The molecule has 1 amide bonds. The van der Waals surface area contributed by atoms with Crippen molar-refractivity contribution >= 4 is 31.5 Å². The van der Waals surface area contributed by atoms with Crippen LogP contribution in [0, 0.1) is 6.92 Å². The monoisotopic (exact) mass is 348 g/mol. The van der Waals surface area contributed by atoms with Gasteiger partial charge in [-0.05, 0) is 24.6 Å². The van der Waals surface area contributed by atoms with Gasteiger partial charge in [-0.3, -0.25) is 9.10 Å². The third-order valence-corrected chi connectivity index (χ3v) is 5.29. The van der Waals surface area contributed by atoms with E-state index in [1.165, 1.54) is 37.2 Å². The minimum absolute atomic E-state index is 0.000878. The van der Waals surface area contributed by atoms with Gasteiger partial charge in [0.05, 0.1) is 16.8 Å². The van der Waals surface area contributed by atoms with Crippen LogP contribution in [-0.4, -0.2) is 60.8 Å². The Hall–Kier alpha value is -1.61. The summed E-state index contributed by atoms with van der Waals surface area (Å²) in [4.78, 5) is 13.1. The average Bonchev–Trinajstić information content (AvgIpc) is 2.33. The number of benzene rings is 1. The summed E-state index contributed by atoms with van der Waals surface area (Å²) < 4.78 is 48.2. The molecular formula is C13H20N2O5S2. The van der Waals surface area contributed by atoms with Crippen LogP contribution >= 0.6 is 0 Å². The Morgan fingerprint density at radius 2 is 1.64 bits per heavy atom. The highest BCUT2D eigenvalue weighted by Crippen LogP contribution is 2.26. The topological polar surface area (TPSA) is 91.8 Å². The number of hydrogen-bond donors (Lipinski definition) is 0. The highest BCUT2D eigenvalue weighted by molar-refractivity contribution is 7.92. The van der Waals surface area contributed by atoms with E-state index in [-0.39, 0.29) is 17.1 Å². The van der Waals surface area contributed by atoms with Crippen molar-refractivity contribution in [3.8, 4) is 0 Å². The predicted molar refractivity (Wildman–Crippen MR) is 85.2 cm³/mol. The molecule has 9 heteroatoms. The molecule has 0 saturated carbocycles. The summed E-state index contributed by atoms with van der Waals surface area (Å²) in [5.74, 6) is -0.408. The van der Waals surface area contributed by atoms with Crippen molar-refractivity contribution in [3.05, 3.63) is 23.8 Å². The Morgan fingerprint density at radius 3 is 2.05 bits per heavy atom. The summed E-state index contributed by atoms with van der Waals surface area (Å²) in [6, 6.07) is 4.20. The van der Waals surface area contributed by atoms with Crippen molar-refractivity contribution in [2.75, 3.05) is 37.5 Å². The van der Waals surface area contributed by atoms with Crippen LogP contribution in [0.5, 0.6) is 0 Å². The summed E-state index contributed by atoms with van der Waals surface area (Å²) in [5, 5.41) is 0. The molecule has 1 rings (SSSR count). The van der Waals surface area contributed by atoms with Crippen LogP contribution in [0.1, 0.15) is 5.56 Å². The van der Waals surface area contributed by atoms with Gasteiger partial charge in [-0.15, -0.1) is 0 Å². The zero-order valence-corrected chi connectivity index (χ0v) is 14.8. The first-order valence-corrected chi connectivity index (χ1v) is 10.1. The lowest BCUT2D eigenvalue weighted by Crippen LogP contribution is -2.40. The molecule has 0 aliphatic carbocycles. The Balaban J connectivity index is 3.47. The molecule has 0 aliphatic rings. The molecule has 0 unspecified atom stereocenters. The van der Waals surface area contributed by atoms with E-state index < -0.39 is 25.8 Å². The SMILES string of the molecule is Cc1ccc(S(C)(=O)=O)cc1N(CC(=O)N(C)C)S(C)(=O)=O. The Bertz CT molecular complexity index is 783. The van der Waals surface area contributed by atoms with E-state index in [2.05, 4.69) is 0 Å². The van der Waals surface area contributed by atoms with Gasteiger partial charge in [0.2, 0.25) is 15.9 Å². The number of likely N-dealkylation sites (N-methyl/N-ethyl adjacent to an activating group) is 1. The Labute approximate surface area is 131 Å². The van der Waals surface area contributed by atoms with Gasteiger partial charge >= 0.3 is 0 Å². The van der Waals surface area contributed by atoms with Crippen LogP contribution in [0.3, 0.4) is 0 Å². The van der Waals surface area contributed by atoms with Crippen LogP contribution in [0.15, 0.2) is 23.1 Å². The summed E-state index contributed by atoms with van der Waals surface area (Å²) in [7, 11) is -4.19. The minimum atomic E-state index is -3.74. The molecule has 0 spiro atoms. The van der Waals surface area contributed by atoms with Crippen molar-refractivity contribution < 1.29 is 21.6 Å². The largest absolute Gasteiger partial charge is 0.347 e. The normalized spacial score (nSPS) is 12.0. The van der Waals surface area contributed by atoms with E-state index in [0.29, 0.717) is 5.56 Å². The molecule has 0 fully saturated rings. The number of amides is 1. The number of carbonyl (C=O) groups is 1. The van der Waals surface area contributed by atoms with Gasteiger partial charge in [-0.1, -0.05) is 6.07 Å². The molecule has 22 heavy (non-hydrogen) atoms. The number of sulfone groups is 1. The standard InChI is InChI=1S/C13H20N2O5S2/c1-10-6-7-11(21(4,17)18)8-12(10)15(22(5,19)20)9-13(16)14(2)3/h6-8H,9H2,1-5H3. The van der Waals surface area contributed by atoms with Gasteiger partial charge in [-0.2, -0.15) is 0 Å². The third kappa shape index (κ3) is 4.44. The lowest BCUT2D eigenvalue weighted by molar-refractivity contribution is -0.127. The lowest BCUT2D eigenvalue weighted by Gasteiger charge is -2.25. The maximum absolute atomic E-state index is 12.0. The lowest BCUT2D eigenvalue weighted by atomic mass is 10.2. The first-order valence-electron chi connectivity index (χ1n) is 6.32. The van der Waals surface area contributed by atoms with Crippen LogP contribution in [0.4, 0.5) is 5.69 Å². The second-order valence-electron chi connectivity index (χ2n) is 5.28. The molecule has 0 aromatic heterocycles. The van der Waals surface area contributed by atoms with Crippen LogP contribution in [0.25, 0.3) is 0 Å². The molecule has 0 radical (unpaired) electrons. The number of sulfonamides is 1. The third-order valence-electron chi connectivity index (χ3n) is 3.06. The smallest absolute Gasteiger partial charge is 0.242 e. The fourth-order valence-electron chi connectivity index (χ4n) is 1.73. The molecule has 1 aromatic carbocycles. The molecule has 1 aromatic rings. The van der Waals surface area contributed by atoms with Crippen molar-refractivity contribution in [3.63, 3.8) is 0 Å². The molecule has 0 N–H and O–H groups in total. The maximum atomic E-state index is 12.0. The van der Waals surface area contributed by atoms with Crippen molar-refractivity contribution in [1.29, 1.82) is 0 Å². The highest BCUT2D eigenvalue weighted by Gasteiger charge is 2.24. The number of carbonyl (C=O) groups excluding carboxylic acids is 1. The molecule has 124 valence electrons. The molecule has 0 saturated heterocycles. The van der Waals surface area contributed by atoms with Gasteiger partial charge in [0, 0.05) is 20.4 Å². The van der Waals surface area contributed by atoms with Crippen LogP contribution in [-0.2, 0) is 24.7 Å². The van der Waals surface area contributed by atoms with E-state index in [1.807, 2.05) is 0 Å². The molecule has 0 aliphatic heterocycles. The van der Waals surface area contributed by atoms with Crippen LogP contribution in [0.2, 0.25) is 0 Å². The summed E-state index contributed by atoms with van der Waals surface area (Å²) in [6.07, 6.45) is 2.01. The first kappa shape index (κ1) is 18.4. The fourth-order valence-corrected chi connectivity index (χ4v) is 3.27. The quantitative estimate of drug-likeness (QED) is 0.761. The molecular weight excluding hydrogens is 328 g/mol. The van der Waals surface area contributed by atoms with Gasteiger partial charge in [0.1, 0.15) is 6.54 Å². The zero-order chi connectivity index (χ0) is 17.3. The van der Waals surface area contributed by atoms with Gasteiger partial charge in [-0.25, -0.2) is 16.8 Å². The summed E-state index contributed by atoms with van der Waals surface area (Å²) >= 11 is 0. The zero-order valence-electron chi connectivity index (χ0n) is 13.2. The summed E-state index contributed by atoms with van der Waals surface area (Å²) in [5.41, 5.74) is 0.741. The van der Waals surface area contributed by atoms with Crippen molar-refractivity contribution in [1.82, 2.24) is 4.90 Å². The molecule has 0 bridgehead atoms. The van der Waals surface area contributed by atoms with Crippen molar-refractivity contribution in [2.45, 2.75) is 11.8 Å². The number of aryl methyl sites for hydroxylation is 1. The second kappa shape index (κ2) is 6.25. The predicted octanol–water partition coefficient (Wildman–Crippen LogP) is 0.253. The van der Waals surface area contributed by atoms with Crippen molar-refractivity contribution in [2.24, 2.45) is 0 Å².